The Morgan fingerprint density at radius 3 is 2.27 bits per heavy atom. The second-order valence-electron chi connectivity index (χ2n) is 5.18. The third kappa shape index (κ3) is 6.78. The SMILES string of the molecule is COc1ccc(CC(=O)NNC(=S)NC(=O)COc2ccccc2)cc1. The molecule has 2 amide bonds. The van der Waals surface area contributed by atoms with E-state index in [1.54, 1.807) is 55.6 Å². The minimum atomic E-state index is -0.434. The highest BCUT2D eigenvalue weighted by Gasteiger charge is 2.08. The maximum atomic E-state index is 11.9. The molecule has 2 aromatic rings. The Morgan fingerprint density at radius 1 is 0.923 bits per heavy atom. The van der Waals surface area contributed by atoms with Crippen molar-refractivity contribution in [2.24, 2.45) is 0 Å². The van der Waals surface area contributed by atoms with E-state index in [1.807, 2.05) is 6.07 Å². The number of para-hydroxylation sites is 1. The lowest BCUT2D eigenvalue weighted by Crippen LogP contribution is -2.49. The van der Waals surface area contributed by atoms with E-state index in [-0.39, 0.29) is 24.0 Å². The van der Waals surface area contributed by atoms with Crippen LogP contribution >= 0.6 is 12.2 Å². The Balaban J connectivity index is 1.66. The number of hydrazine groups is 1. The van der Waals surface area contributed by atoms with Gasteiger partial charge in [-0.3, -0.25) is 25.8 Å². The van der Waals surface area contributed by atoms with Crippen molar-refractivity contribution in [3.8, 4) is 11.5 Å². The minimum Gasteiger partial charge on any atom is -0.497 e. The van der Waals surface area contributed by atoms with Gasteiger partial charge in [-0.2, -0.15) is 0 Å². The molecule has 7 nitrogen and oxygen atoms in total. The minimum absolute atomic E-state index is 0.0188. The molecule has 3 N–H and O–H groups in total. The van der Waals surface area contributed by atoms with Gasteiger partial charge < -0.3 is 9.47 Å². The number of methoxy groups -OCH3 is 1. The van der Waals surface area contributed by atoms with Crippen molar-refractivity contribution in [3.63, 3.8) is 0 Å². The summed E-state index contributed by atoms with van der Waals surface area (Å²) in [6.45, 7) is -0.189. The van der Waals surface area contributed by atoms with Gasteiger partial charge in [0.25, 0.3) is 5.91 Å². The zero-order chi connectivity index (χ0) is 18.8. The van der Waals surface area contributed by atoms with E-state index < -0.39 is 5.91 Å². The number of carbonyl (C=O) groups is 2. The number of hydrogen-bond donors (Lipinski definition) is 3. The lowest BCUT2D eigenvalue weighted by Gasteiger charge is -2.11. The van der Waals surface area contributed by atoms with Crippen molar-refractivity contribution in [1.82, 2.24) is 16.2 Å². The Labute approximate surface area is 156 Å². The molecule has 0 aliphatic heterocycles. The van der Waals surface area contributed by atoms with Crippen molar-refractivity contribution in [2.45, 2.75) is 6.42 Å². The molecule has 0 saturated heterocycles. The topological polar surface area (TPSA) is 88.7 Å². The number of thiocarbonyl (C=S) groups is 1. The van der Waals surface area contributed by atoms with Crippen LogP contribution in [0, 0.1) is 0 Å². The number of benzene rings is 2. The Bertz CT molecular complexity index is 751. The second kappa shape index (κ2) is 10.00. The van der Waals surface area contributed by atoms with Gasteiger partial charge in [-0.05, 0) is 42.0 Å². The fraction of sp³-hybridized carbons (Fsp3) is 0.167. The van der Waals surface area contributed by atoms with E-state index in [2.05, 4.69) is 16.2 Å². The molecule has 0 atom stereocenters. The molecule has 8 heteroatoms. The van der Waals surface area contributed by atoms with Crippen molar-refractivity contribution in [2.75, 3.05) is 13.7 Å². The Hall–Kier alpha value is -3.13. The first-order chi connectivity index (χ1) is 12.6. The van der Waals surface area contributed by atoms with Gasteiger partial charge in [0.2, 0.25) is 5.91 Å². The van der Waals surface area contributed by atoms with Crippen LogP contribution in [0.4, 0.5) is 0 Å². The Morgan fingerprint density at radius 2 is 1.62 bits per heavy atom. The van der Waals surface area contributed by atoms with Crippen LogP contribution < -0.4 is 25.6 Å². The van der Waals surface area contributed by atoms with Crippen LogP contribution in [0.3, 0.4) is 0 Å². The normalized spacial score (nSPS) is 9.73. The summed E-state index contributed by atoms with van der Waals surface area (Å²) in [6, 6.07) is 16.1. The molecule has 0 aliphatic rings. The molecule has 2 rings (SSSR count). The molecule has 0 spiro atoms. The highest BCUT2D eigenvalue weighted by Crippen LogP contribution is 2.11. The highest BCUT2D eigenvalue weighted by atomic mass is 32.1. The quantitative estimate of drug-likeness (QED) is 0.523. The smallest absolute Gasteiger partial charge is 0.264 e. The van der Waals surface area contributed by atoms with Crippen LogP contribution in [0.15, 0.2) is 54.6 Å². The maximum Gasteiger partial charge on any atom is 0.264 e. The predicted molar refractivity (Wildman–Crippen MR) is 101 cm³/mol. The number of hydrogen-bond acceptors (Lipinski definition) is 5. The summed E-state index contributed by atoms with van der Waals surface area (Å²) in [5, 5.41) is 2.39. The van der Waals surface area contributed by atoms with Gasteiger partial charge in [-0.25, -0.2) is 0 Å². The molecule has 2 aromatic carbocycles. The molecule has 0 unspecified atom stereocenters. The van der Waals surface area contributed by atoms with Crippen LogP contribution in [0.5, 0.6) is 11.5 Å². The third-order valence-electron chi connectivity index (χ3n) is 3.21. The standard InChI is InChI=1S/C18H19N3O4S/c1-24-14-9-7-13(8-10-14)11-16(22)20-21-18(26)19-17(23)12-25-15-5-3-2-4-6-15/h2-10H,11-12H2,1H3,(H,20,22)(H2,19,21,23,26). The molecule has 136 valence electrons. The van der Waals surface area contributed by atoms with E-state index in [9.17, 15) is 9.59 Å². The molecular formula is C18H19N3O4S. The molecular weight excluding hydrogens is 354 g/mol. The van der Waals surface area contributed by atoms with Gasteiger partial charge in [0, 0.05) is 0 Å². The molecule has 0 radical (unpaired) electrons. The number of ether oxygens (including phenoxy) is 2. The van der Waals surface area contributed by atoms with Crippen LogP contribution in [-0.2, 0) is 16.0 Å². The van der Waals surface area contributed by atoms with Gasteiger partial charge in [-0.15, -0.1) is 0 Å². The van der Waals surface area contributed by atoms with Crippen molar-refractivity contribution in [3.05, 3.63) is 60.2 Å². The van der Waals surface area contributed by atoms with E-state index in [0.717, 1.165) is 5.56 Å². The summed E-state index contributed by atoms with van der Waals surface area (Å²) in [4.78, 5) is 23.6. The van der Waals surface area contributed by atoms with Crippen LogP contribution in [0.2, 0.25) is 0 Å². The van der Waals surface area contributed by atoms with E-state index in [1.165, 1.54) is 0 Å². The first-order valence-electron chi connectivity index (χ1n) is 7.76. The molecule has 0 aromatic heterocycles. The third-order valence-corrected chi connectivity index (χ3v) is 3.41. The molecule has 0 saturated carbocycles. The summed E-state index contributed by atoms with van der Waals surface area (Å²) in [7, 11) is 1.58. The first-order valence-corrected chi connectivity index (χ1v) is 8.17. The predicted octanol–water partition coefficient (Wildman–Crippen LogP) is 1.34. The van der Waals surface area contributed by atoms with Gasteiger partial charge in [0.1, 0.15) is 11.5 Å². The van der Waals surface area contributed by atoms with Gasteiger partial charge >= 0.3 is 0 Å². The zero-order valence-corrected chi connectivity index (χ0v) is 15.0. The summed E-state index contributed by atoms with van der Waals surface area (Å²) in [5.41, 5.74) is 5.71. The van der Waals surface area contributed by atoms with E-state index in [4.69, 9.17) is 21.7 Å². The molecule has 0 bridgehead atoms. The summed E-state index contributed by atoms with van der Waals surface area (Å²) in [6.07, 6.45) is 0.157. The molecule has 0 heterocycles. The van der Waals surface area contributed by atoms with Crippen LogP contribution in [-0.4, -0.2) is 30.6 Å². The van der Waals surface area contributed by atoms with Gasteiger partial charge in [-0.1, -0.05) is 30.3 Å². The van der Waals surface area contributed by atoms with Gasteiger partial charge in [0.05, 0.1) is 13.5 Å². The van der Waals surface area contributed by atoms with Crippen LogP contribution in [0.25, 0.3) is 0 Å². The van der Waals surface area contributed by atoms with E-state index >= 15 is 0 Å². The Kier molecular flexibility index (Phi) is 7.38. The fourth-order valence-electron chi connectivity index (χ4n) is 1.96. The second-order valence-corrected chi connectivity index (χ2v) is 5.59. The largest absolute Gasteiger partial charge is 0.497 e. The van der Waals surface area contributed by atoms with Gasteiger partial charge in [0.15, 0.2) is 11.7 Å². The average Bonchev–Trinajstić information content (AvgIpc) is 2.66. The number of nitrogens with one attached hydrogen (secondary N) is 3. The zero-order valence-electron chi connectivity index (χ0n) is 14.2. The first kappa shape index (κ1) is 19.2. The highest BCUT2D eigenvalue weighted by molar-refractivity contribution is 7.80. The van der Waals surface area contributed by atoms with Crippen molar-refractivity contribution in [1.29, 1.82) is 0 Å². The molecule has 26 heavy (non-hydrogen) atoms. The van der Waals surface area contributed by atoms with E-state index in [0.29, 0.717) is 11.5 Å². The number of amides is 2. The molecule has 0 fully saturated rings. The van der Waals surface area contributed by atoms with Crippen molar-refractivity contribution >= 4 is 29.1 Å². The lowest BCUT2D eigenvalue weighted by atomic mass is 10.1. The summed E-state index contributed by atoms with van der Waals surface area (Å²) < 4.78 is 10.4. The fourth-order valence-corrected chi connectivity index (χ4v) is 2.12. The lowest BCUT2D eigenvalue weighted by molar-refractivity contribution is -0.122. The maximum absolute atomic E-state index is 11.9. The average molecular weight is 373 g/mol. The molecule has 0 aliphatic carbocycles. The number of carbonyl (C=O) groups excluding carboxylic acids is 2. The van der Waals surface area contributed by atoms with Crippen LogP contribution in [0.1, 0.15) is 5.56 Å². The van der Waals surface area contributed by atoms with Crippen molar-refractivity contribution < 1.29 is 19.1 Å². The summed E-state index contributed by atoms with van der Waals surface area (Å²) >= 11 is 4.95. The summed E-state index contributed by atoms with van der Waals surface area (Å²) in [5.74, 6) is 0.561. The monoisotopic (exact) mass is 373 g/mol. The number of rotatable bonds is 6.